The maximum atomic E-state index is 8.85. The molecule has 2 rings (SSSR count). The molecule has 0 saturated heterocycles. The number of aromatic nitrogens is 3. The second kappa shape index (κ2) is 5.77. The van der Waals surface area contributed by atoms with Crippen molar-refractivity contribution in [3.05, 3.63) is 35.7 Å². The van der Waals surface area contributed by atoms with E-state index in [0.717, 1.165) is 12.8 Å². The van der Waals surface area contributed by atoms with E-state index in [2.05, 4.69) is 15.1 Å². The van der Waals surface area contributed by atoms with E-state index >= 15 is 0 Å². The lowest BCUT2D eigenvalue weighted by Gasteiger charge is -2.03. The highest BCUT2D eigenvalue weighted by atomic mass is 16.5. The van der Waals surface area contributed by atoms with Crippen LogP contribution in [0.1, 0.15) is 30.8 Å². The lowest BCUT2D eigenvalue weighted by molar-refractivity contribution is 0.241. The van der Waals surface area contributed by atoms with Crippen LogP contribution >= 0.6 is 0 Å². The third kappa shape index (κ3) is 2.83. The Bertz CT molecular complexity index is 559. The quantitative estimate of drug-likeness (QED) is 0.798. The van der Waals surface area contributed by atoms with Gasteiger partial charge in [0.25, 0.3) is 5.89 Å². The van der Waals surface area contributed by atoms with Gasteiger partial charge in [-0.15, -0.1) is 0 Å². The van der Waals surface area contributed by atoms with Gasteiger partial charge in [-0.3, -0.25) is 0 Å². The van der Waals surface area contributed by atoms with Crippen LogP contribution in [0.2, 0.25) is 0 Å². The summed E-state index contributed by atoms with van der Waals surface area (Å²) in [5.74, 6) is 1.48. The summed E-state index contributed by atoms with van der Waals surface area (Å²) in [5, 5.41) is 12.7. The fourth-order valence-electron chi connectivity index (χ4n) is 1.40. The van der Waals surface area contributed by atoms with Gasteiger partial charge < -0.3 is 9.26 Å². The summed E-state index contributed by atoms with van der Waals surface area (Å²) in [6.45, 7) is 2.18. The fraction of sp³-hybridized carbons (Fsp3) is 0.333. The van der Waals surface area contributed by atoms with Crippen LogP contribution in [0.5, 0.6) is 5.75 Å². The predicted molar refractivity (Wildman–Crippen MR) is 61.6 cm³/mol. The van der Waals surface area contributed by atoms with E-state index in [0.29, 0.717) is 17.5 Å². The monoisotopic (exact) mass is 244 g/mol. The Morgan fingerprint density at radius 1 is 1.50 bits per heavy atom. The highest BCUT2D eigenvalue weighted by Gasteiger charge is 2.08. The molecule has 2 aromatic heterocycles. The maximum Gasteiger partial charge on any atom is 0.264 e. The van der Waals surface area contributed by atoms with Gasteiger partial charge in [0.05, 0.1) is 0 Å². The number of pyridine rings is 1. The number of hydrogen-bond acceptors (Lipinski definition) is 6. The first-order valence-corrected chi connectivity index (χ1v) is 5.63. The molecule has 0 N–H and O–H groups in total. The van der Waals surface area contributed by atoms with Crippen molar-refractivity contribution in [2.45, 2.75) is 26.4 Å². The molecular formula is C12H12N4O2. The lowest BCUT2D eigenvalue weighted by Crippen LogP contribution is -1.99. The van der Waals surface area contributed by atoms with Crippen molar-refractivity contribution in [1.82, 2.24) is 15.1 Å². The molecule has 0 fully saturated rings. The third-order valence-electron chi connectivity index (χ3n) is 2.21. The lowest BCUT2D eigenvalue weighted by atomic mass is 10.3. The minimum absolute atomic E-state index is 0.136. The van der Waals surface area contributed by atoms with E-state index in [1.807, 2.05) is 13.0 Å². The minimum atomic E-state index is 0.136. The zero-order valence-electron chi connectivity index (χ0n) is 9.96. The molecule has 0 unspecified atom stereocenters. The Morgan fingerprint density at radius 3 is 3.17 bits per heavy atom. The highest BCUT2D eigenvalue weighted by molar-refractivity contribution is 5.36. The van der Waals surface area contributed by atoms with E-state index in [4.69, 9.17) is 14.5 Å². The van der Waals surface area contributed by atoms with Crippen molar-refractivity contribution >= 4 is 0 Å². The van der Waals surface area contributed by atoms with Crippen LogP contribution in [0, 0.1) is 11.3 Å². The predicted octanol–water partition coefficient (Wildman–Crippen LogP) is 1.87. The Hall–Kier alpha value is -2.42. The van der Waals surface area contributed by atoms with E-state index in [1.165, 1.54) is 6.20 Å². The second-order valence-corrected chi connectivity index (χ2v) is 3.60. The molecule has 6 nitrogen and oxygen atoms in total. The van der Waals surface area contributed by atoms with E-state index in [9.17, 15) is 0 Å². The summed E-state index contributed by atoms with van der Waals surface area (Å²) in [5.41, 5.74) is 0.241. The molecule has 0 bridgehead atoms. The molecule has 2 heterocycles. The summed E-state index contributed by atoms with van der Waals surface area (Å²) in [4.78, 5) is 8.06. The molecule has 0 saturated carbocycles. The fourth-order valence-corrected chi connectivity index (χ4v) is 1.40. The highest BCUT2D eigenvalue weighted by Crippen LogP contribution is 2.15. The molecule has 0 aliphatic rings. The van der Waals surface area contributed by atoms with E-state index < -0.39 is 0 Å². The summed E-state index contributed by atoms with van der Waals surface area (Å²) >= 11 is 0. The molecule has 0 spiro atoms. The van der Waals surface area contributed by atoms with Crippen LogP contribution in [0.25, 0.3) is 0 Å². The molecule has 0 aliphatic carbocycles. The van der Waals surface area contributed by atoms with Gasteiger partial charge in [0.1, 0.15) is 6.07 Å². The molecule has 6 heteroatoms. The average Bonchev–Trinajstić information content (AvgIpc) is 2.85. The van der Waals surface area contributed by atoms with Crippen LogP contribution in [0.15, 0.2) is 22.9 Å². The molecule has 0 amide bonds. The molecule has 0 aliphatic heterocycles. The zero-order valence-corrected chi connectivity index (χ0v) is 9.96. The molecule has 18 heavy (non-hydrogen) atoms. The summed E-state index contributed by atoms with van der Waals surface area (Å²) < 4.78 is 10.4. The number of ether oxygens (including phenoxy) is 1. The Balaban J connectivity index is 2.00. The summed E-state index contributed by atoms with van der Waals surface area (Å²) in [6.07, 6.45) is 3.28. The van der Waals surface area contributed by atoms with Gasteiger partial charge in [0.2, 0.25) is 0 Å². The second-order valence-electron chi connectivity index (χ2n) is 3.60. The van der Waals surface area contributed by atoms with Gasteiger partial charge in [-0.05, 0) is 18.6 Å². The molecule has 0 radical (unpaired) electrons. The number of rotatable bonds is 5. The molecule has 0 atom stereocenters. The van der Waals surface area contributed by atoms with Crippen molar-refractivity contribution < 1.29 is 9.26 Å². The van der Waals surface area contributed by atoms with Gasteiger partial charge in [0, 0.05) is 12.6 Å². The first-order chi connectivity index (χ1) is 8.83. The standard InChI is InChI=1S/C12H12N4O2/c1-2-4-11-15-12(18-16-11)8-17-10-5-3-6-14-9(10)7-13/h3,5-6H,2,4,8H2,1H3. The van der Waals surface area contributed by atoms with Crippen molar-refractivity contribution in [3.8, 4) is 11.8 Å². The molecule has 2 aromatic rings. The number of aryl methyl sites for hydroxylation is 1. The van der Waals surface area contributed by atoms with Crippen molar-refractivity contribution in [1.29, 1.82) is 5.26 Å². The van der Waals surface area contributed by atoms with E-state index in [1.54, 1.807) is 12.1 Å². The van der Waals surface area contributed by atoms with Crippen LogP contribution in [-0.2, 0) is 13.0 Å². The van der Waals surface area contributed by atoms with Gasteiger partial charge >= 0.3 is 0 Å². The van der Waals surface area contributed by atoms with Gasteiger partial charge in [-0.1, -0.05) is 12.1 Å². The minimum Gasteiger partial charge on any atom is -0.481 e. The van der Waals surface area contributed by atoms with Gasteiger partial charge in [-0.2, -0.15) is 10.2 Å². The van der Waals surface area contributed by atoms with Crippen LogP contribution in [-0.4, -0.2) is 15.1 Å². The topological polar surface area (TPSA) is 84.8 Å². The molecular weight excluding hydrogens is 232 g/mol. The number of nitrogens with zero attached hydrogens (tertiary/aromatic N) is 4. The van der Waals surface area contributed by atoms with Crippen LogP contribution in [0.3, 0.4) is 0 Å². The Morgan fingerprint density at radius 2 is 2.39 bits per heavy atom. The van der Waals surface area contributed by atoms with Crippen molar-refractivity contribution in [2.75, 3.05) is 0 Å². The number of hydrogen-bond donors (Lipinski definition) is 0. The average molecular weight is 244 g/mol. The van der Waals surface area contributed by atoms with Crippen LogP contribution < -0.4 is 4.74 Å². The SMILES string of the molecule is CCCc1noc(COc2cccnc2C#N)n1. The van der Waals surface area contributed by atoms with Crippen molar-refractivity contribution in [2.24, 2.45) is 0 Å². The third-order valence-corrected chi connectivity index (χ3v) is 2.21. The van der Waals surface area contributed by atoms with Gasteiger partial charge in [0.15, 0.2) is 23.9 Å². The molecule has 0 aromatic carbocycles. The molecule has 92 valence electrons. The first-order valence-electron chi connectivity index (χ1n) is 5.63. The van der Waals surface area contributed by atoms with Gasteiger partial charge in [-0.25, -0.2) is 4.98 Å². The van der Waals surface area contributed by atoms with Crippen molar-refractivity contribution in [3.63, 3.8) is 0 Å². The normalized spacial score (nSPS) is 10.0. The summed E-state index contributed by atoms with van der Waals surface area (Å²) in [6, 6.07) is 5.33. The largest absolute Gasteiger partial charge is 0.481 e. The van der Waals surface area contributed by atoms with E-state index in [-0.39, 0.29) is 12.3 Å². The first kappa shape index (κ1) is 12.0. The summed E-state index contributed by atoms with van der Waals surface area (Å²) in [7, 11) is 0. The number of nitriles is 1. The Labute approximate surface area is 104 Å². The maximum absolute atomic E-state index is 8.85. The van der Waals surface area contributed by atoms with Crippen LogP contribution in [0.4, 0.5) is 0 Å². The zero-order chi connectivity index (χ0) is 12.8. The smallest absolute Gasteiger partial charge is 0.264 e. The Kier molecular flexibility index (Phi) is 3.86.